The molecule has 2 N–H and O–H groups in total. The molecule has 2 amide bonds. The van der Waals surface area contributed by atoms with Crippen LogP contribution in [0.4, 0.5) is 10.5 Å². The molecule has 2 heterocycles. The van der Waals surface area contributed by atoms with Crippen molar-refractivity contribution in [1.29, 1.82) is 0 Å². The smallest absolute Gasteiger partial charge is 0.305 e. The van der Waals surface area contributed by atoms with Gasteiger partial charge in [0.2, 0.25) is 0 Å². The summed E-state index contributed by atoms with van der Waals surface area (Å²) in [6.07, 6.45) is 0. The van der Waals surface area contributed by atoms with Gasteiger partial charge in [0.15, 0.2) is 0 Å². The zero-order valence-electron chi connectivity index (χ0n) is 10.8. The Morgan fingerprint density at radius 1 is 1.05 bits per heavy atom. The number of anilines is 1. The monoisotopic (exact) mass is 368 g/mol. The lowest BCUT2D eigenvalue weighted by atomic mass is 10.3. The van der Waals surface area contributed by atoms with Crippen LogP contribution in [0.3, 0.4) is 0 Å². The molecule has 1 aromatic carbocycles. The largest absolute Gasteiger partial charge is 0.326 e. The first-order valence-corrected chi connectivity index (χ1v) is 8.99. The number of hydrogen-bond donors (Lipinski definition) is 2. The molecular weight excluding hydrogens is 357 g/mol. The molecule has 2 aliphatic heterocycles. The zero-order valence-corrected chi connectivity index (χ0v) is 13.9. The number of nitrogens with one attached hydrogen (secondary N) is 2. The molecule has 0 aromatic heterocycles. The maximum atomic E-state index is 12.8. The van der Waals surface area contributed by atoms with Gasteiger partial charge in [-0.15, -0.1) is 0 Å². The van der Waals surface area contributed by atoms with Gasteiger partial charge in [-0.1, -0.05) is 34.8 Å². The van der Waals surface area contributed by atoms with Crippen molar-refractivity contribution in [2.75, 3.05) is 31.5 Å². The highest BCUT2D eigenvalue weighted by Gasteiger charge is 2.49. The van der Waals surface area contributed by atoms with Crippen molar-refractivity contribution in [3.63, 3.8) is 0 Å². The molecule has 114 valence electrons. The number of carbonyl (C=O) groups excluding carboxylic acids is 1. The molecule has 3 rings (SSSR count). The average Bonchev–Trinajstić information content (AvgIpc) is 3.27. The van der Waals surface area contributed by atoms with Gasteiger partial charge in [0.05, 0.1) is 15.7 Å². The summed E-state index contributed by atoms with van der Waals surface area (Å²) in [6.45, 7) is 2.88. The first kappa shape index (κ1) is 15.4. The lowest BCUT2D eigenvalue weighted by molar-refractivity contribution is 0.255. The summed E-state index contributed by atoms with van der Waals surface area (Å²) in [4.78, 5) is 12.1. The fraction of sp³-hybridized carbons (Fsp3) is 0.364. The number of nitrogens with zero attached hydrogens (tertiary/aromatic N) is 2. The van der Waals surface area contributed by atoms with Gasteiger partial charge < -0.3 is 5.32 Å². The molecule has 2 aliphatic rings. The number of rotatable bonds is 4. The van der Waals surface area contributed by atoms with E-state index in [-0.39, 0.29) is 15.7 Å². The van der Waals surface area contributed by atoms with Crippen molar-refractivity contribution >= 4 is 54.1 Å². The lowest BCUT2D eigenvalue weighted by Gasteiger charge is -2.21. The van der Waals surface area contributed by atoms with Crippen molar-refractivity contribution in [1.82, 2.24) is 14.4 Å². The topological polar surface area (TPSA) is 64.2 Å². The van der Waals surface area contributed by atoms with Crippen LogP contribution in [0.5, 0.6) is 0 Å². The number of hydrogen-bond acceptors (Lipinski definition) is 2. The zero-order chi connectivity index (χ0) is 15.2. The molecule has 0 bridgehead atoms. The lowest BCUT2D eigenvalue weighted by Crippen LogP contribution is -2.31. The molecule has 0 aliphatic carbocycles. The summed E-state index contributed by atoms with van der Waals surface area (Å²) in [7, 11) is -2.98. The first-order valence-electron chi connectivity index (χ1n) is 6.25. The highest BCUT2D eigenvalue weighted by atomic mass is 35.5. The van der Waals surface area contributed by atoms with Gasteiger partial charge in [0.25, 0.3) is 0 Å². The van der Waals surface area contributed by atoms with Crippen LogP contribution in [-0.4, -0.2) is 41.6 Å². The molecule has 10 heteroatoms. The third-order valence-corrected chi connectivity index (χ3v) is 6.75. The quantitative estimate of drug-likeness (QED) is 0.630. The summed E-state index contributed by atoms with van der Waals surface area (Å²) in [5, 5.41) is 5.88. The maximum absolute atomic E-state index is 12.8. The minimum absolute atomic E-state index is 0.218. The molecule has 1 aromatic rings. The molecule has 0 atom stereocenters. The summed E-state index contributed by atoms with van der Waals surface area (Å²) >= 11 is 17.8. The Hall–Kier alpha value is -0.490. The van der Waals surface area contributed by atoms with Crippen LogP contribution < -0.4 is 10.4 Å². The van der Waals surface area contributed by atoms with E-state index in [1.165, 1.54) is 12.1 Å². The van der Waals surface area contributed by atoms with Crippen molar-refractivity contribution in [3.05, 3.63) is 27.2 Å². The van der Waals surface area contributed by atoms with Crippen LogP contribution in [-0.2, 0) is 4.57 Å². The maximum Gasteiger partial charge on any atom is 0.326 e. The Bertz CT molecular complexity index is 609. The number of benzene rings is 1. The number of urea groups is 1. The molecule has 2 saturated heterocycles. The minimum Gasteiger partial charge on any atom is -0.305 e. The van der Waals surface area contributed by atoms with Crippen molar-refractivity contribution in [3.8, 4) is 0 Å². The Balaban J connectivity index is 1.73. The standard InChI is InChI=1S/C11H12Cl3N4O2P/c12-7-5-8(13)10(9(14)6-7)15-11(19)16-21(20,17-1-2-17)18-3-4-18/h5-6H,1-4H2,(H2,15,16,19,20). The Morgan fingerprint density at radius 2 is 1.52 bits per heavy atom. The summed E-state index contributed by atoms with van der Waals surface area (Å²) < 4.78 is 16.2. The molecule has 6 nitrogen and oxygen atoms in total. The van der Waals surface area contributed by atoms with Gasteiger partial charge in [-0.3, -0.25) is 9.65 Å². The predicted molar refractivity (Wildman–Crippen MR) is 84.4 cm³/mol. The molecular formula is C11H12Cl3N4O2P. The van der Waals surface area contributed by atoms with Gasteiger partial charge in [0, 0.05) is 31.2 Å². The van der Waals surface area contributed by atoms with Crippen LogP contribution in [0.25, 0.3) is 0 Å². The summed E-state index contributed by atoms with van der Waals surface area (Å²) in [6, 6.07) is 2.33. The predicted octanol–water partition coefficient (Wildman–Crippen LogP) is 3.51. The van der Waals surface area contributed by atoms with Crippen LogP contribution in [0, 0.1) is 0 Å². The van der Waals surface area contributed by atoms with Crippen LogP contribution in [0.2, 0.25) is 15.1 Å². The van der Waals surface area contributed by atoms with Crippen LogP contribution in [0.15, 0.2) is 12.1 Å². The average molecular weight is 370 g/mol. The molecule has 21 heavy (non-hydrogen) atoms. The van der Waals surface area contributed by atoms with E-state index in [1.807, 2.05) is 0 Å². The van der Waals surface area contributed by atoms with E-state index in [9.17, 15) is 9.36 Å². The van der Waals surface area contributed by atoms with E-state index >= 15 is 0 Å². The third-order valence-electron chi connectivity index (χ3n) is 3.11. The van der Waals surface area contributed by atoms with Crippen molar-refractivity contribution < 1.29 is 9.36 Å². The van der Waals surface area contributed by atoms with Crippen LogP contribution in [0.1, 0.15) is 0 Å². The van der Waals surface area contributed by atoms with E-state index in [0.29, 0.717) is 5.02 Å². The van der Waals surface area contributed by atoms with E-state index in [2.05, 4.69) is 10.4 Å². The molecule has 0 radical (unpaired) electrons. The summed E-state index contributed by atoms with van der Waals surface area (Å²) in [5.41, 5.74) is 0.239. The fourth-order valence-electron chi connectivity index (χ4n) is 1.89. The first-order chi connectivity index (χ1) is 9.90. The minimum atomic E-state index is -2.98. The highest BCUT2D eigenvalue weighted by Crippen LogP contribution is 2.56. The fourth-order valence-corrected chi connectivity index (χ4v) is 5.02. The Morgan fingerprint density at radius 3 is 1.95 bits per heavy atom. The van der Waals surface area contributed by atoms with Gasteiger partial charge in [-0.25, -0.2) is 14.1 Å². The normalized spacial score (nSPS) is 18.4. The Kier molecular flexibility index (Phi) is 4.12. The van der Waals surface area contributed by atoms with Gasteiger partial charge in [0.1, 0.15) is 0 Å². The van der Waals surface area contributed by atoms with Gasteiger partial charge in [-0.05, 0) is 12.1 Å². The van der Waals surface area contributed by atoms with E-state index in [1.54, 1.807) is 9.34 Å². The molecule has 0 saturated carbocycles. The summed E-state index contributed by atoms with van der Waals surface area (Å²) in [5.74, 6) is 0. The van der Waals surface area contributed by atoms with Crippen molar-refractivity contribution in [2.45, 2.75) is 0 Å². The second-order valence-corrected chi connectivity index (χ2v) is 8.46. The van der Waals surface area contributed by atoms with Gasteiger partial charge in [-0.2, -0.15) is 0 Å². The second-order valence-electron chi connectivity index (χ2n) is 4.76. The molecule has 2 fully saturated rings. The van der Waals surface area contributed by atoms with Crippen LogP contribution >= 0.6 is 42.4 Å². The van der Waals surface area contributed by atoms with E-state index < -0.39 is 13.6 Å². The SMILES string of the molecule is O=C(Nc1c(Cl)cc(Cl)cc1Cl)NP(=O)(N1CC1)N1CC1. The number of halogens is 3. The van der Waals surface area contributed by atoms with Gasteiger partial charge >= 0.3 is 13.6 Å². The van der Waals surface area contributed by atoms with E-state index in [4.69, 9.17) is 34.8 Å². The van der Waals surface area contributed by atoms with Crippen molar-refractivity contribution in [2.24, 2.45) is 0 Å². The molecule has 0 spiro atoms. The van der Waals surface area contributed by atoms with E-state index in [0.717, 1.165) is 26.2 Å². The molecule has 0 unspecified atom stereocenters. The highest BCUT2D eigenvalue weighted by molar-refractivity contribution is 7.58. The Labute approximate surface area is 136 Å². The number of amides is 2. The third kappa shape index (κ3) is 3.31. The second kappa shape index (κ2) is 5.61. The number of carbonyl (C=O) groups is 1.